The Morgan fingerprint density at radius 1 is 1.00 bits per heavy atom. The second-order valence-corrected chi connectivity index (χ2v) is 6.03. The van der Waals surface area contributed by atoms with Crippen molar-refractivity contribution in [1.82, 2.24) is 5.32 Å². The summed E-state index contributed by atoms with van der Waals surface area (Å²) in [6.45, 7) is 7.65. The zero-order valence-electron chi connectivity index (χ0n) is 14.1. The SMILES string of the molecule is Cc1cc(C)c(C(C)NC(=O)c2ccccc2C(F)(F)F)cc1C. The first-order valence-corrected chi connectivity index (χ1v) is 7.66. The maximum Gasteiger partial charge on any atom is 0.417 e. The first kappa shape index (κ1) is 18.0. The summed E-state index contributed by atoms with van der Waals surface area (Å²) < 4.78 is 39.2. The van der Waals surface area contributed by atoms with Gasteiger partial charge in [-0.1, -0.05) is 24.3 Å². The monoisotopic (exact) mass is 335 g/mol. The standard InChI is InChI=1S/C19H20F3NO/c1-11-9-13(3)16(10-12(11)2)14(4)23-18(24)15-7-5-6-8-17(15)19(20,21)22/h5-10,14H,1-4H3,(H,23,24). The number of halogens is 3. The van der Waals surface area contributed by atoms with Gasteiger partial charge in [-0.3, -0.25) is 4.79 Å². The van der Waals surface area contributed by atoms with Crippen molar-refractivity contribution in [3.05, 3.63) is 69.8 Å². The second kappa shape index (κ2) is 6.67. The smallest absolute Gasteiger partial charge is 0.345 e. The molecule has 2 nitrogen and oxygen atoms in total. The number of carbonyl (C=O) groups is 1. The number of amides is 1. The van der Waals surface area contributed by atoms with Crippen LogP contribution in [0.2, 0.25) is 0 Å². The van der Waals surface area contributed by atoms with E-state index in [9.17, 15) is 18.0 Å². The molecule has 0 aromatic heterocycles. The molecule has 0 aliphatic carbocycles. The Hall–Kier alpha value is -2.30. The fourth-order valence-electron chi connectivity index (χ4n) is 2.73. The van der Waals surface area contributed by atoms with E-state index in [2.05, 4.69) is 5.32 Å². The highest BCUT2D eigenvalue weighted by Crippen LogP contribution is 2.32. The van der Waals surface area contributed by atoms with E-state index in [-0.39, 0.29) is 5.56 Å². The number of benzene rings is 2. The molecule has 128 valence electrons. The van der Waals surface area contributed by atoms with Crippen LogP contribution in [0.1, 0.15) is 51.1 Å². The minimum absolute atomic E-state index is 0.363. The molecular formula is C19H20F3NO. The van der Waals surface area contributed by atoms with Gasteiger partial charge in [0.05, 0.1) is 17.2 Å². The van der Waals surface area contributed by atoms with Crippen LogP contribution in [-0.4, -0.2) is 5.91 Å². The lowest BCUT2D eigenvalue weighted by Gasteiger charge is -2.20. The van der Waals surface area contributed by atoms with E-state index in [1.807, 2.05) is 32.9 Å². The summed E-state index contributed by atoms with van der Waals surface area (Å²) in [4.78, 5) is 12.3. The molecule has 0 fully saturated rings. The normalized spacial score (nSPS) is 12.8. The lowest BCUT2D eigenvalue weighted by atomic mass is 9.96. The van der Waals surface area contributed by atoms with Gasteiger partial charge in [0, 0.05) is 0 Å². The third-order valence-corrected chi connectivity index (χ3v) is 4.17. The van der Waals surface area contributed by atoms with Gasteiger partial charge in [0.25, 0.3) is 5.91 Å². The highest BCUT2D eigenvalue weighted by Gasteiger charge is 2.35. The molecule has 5 heteroatoms. The highest BCUT2D eigenvalue weighted by atomic mass is 19.4. The van der Waals surface area contributed by atoms with E-state index in [0.717, 1.165) is 28.3 Å². The van der Waals surface area contributed by atoms with Gasteiger partial charge < -0.3 is 5.32 Å². The Kier molecular flexibility index (Phi) is 5.02. The van der Waals surface area contributed by atoms with Crippen molar-refractivity contribution in [3.63, 3.8) is 0 Å². The zero-order valence-corrected chi connectivity index (χ0v) is 14.1. The Bertz CT molecular complexity index is 766. The van der Waals surface area contributed by atoms with Gasteiger partial charge in [0.2, 0.25) is 0 Å². The quantitative estimate of drug-likeness (QED) is 0.828. The van der Waals surface area contributed by atoms with Crippen LogP contribution >= 0.6 is 0 Å². The zero-order chi connectivity index (χ0) is 18.1. The van der Waals surface area contributed by atoms with Crippen LogP contribution in [0.4, 0.5) is 13.2 Å². The molecule has 1 unspecified atom stereocenters. The number of carbonyl (C=O) groups excluding carboxylic acids is 1. The Balaban J connectivity index is 2.29. The van der Waals surface area contributed by atoms with Crippen molar-refractivity contribution in [2.45, 2.75) is 39.9 Å². The molecule has 1 amide bonds. The molecular weight excluding hydrogens is 315 g/mol. The van der Waals surface area contributed by atoms with Gasteiger partial charge in [0.1, 0.15) is 0 Å². The predicted octanol–water partition coefficient (Wildman–Crippen LogP) is 5.12. The maximum atomic E-state index is 13.1. The number of hydrogen-bond acceptors (Lipinski definition) is 1. The van der Waals surface area contributed by atoms with Crippen molar-refractivity contribution in [1.29, 1.82) is 0 Å². The molecule has 1 atom stereocenters. The molecule has 2 aromatic carbocycles. The largest absolute Gasteiger partial charge is 0.417 e. The molecule has 0 spiro atoms. The molecule has 0 radical (unpaired) electrons. The molecule has 0 saturated carbocycles. The highest BCUT2D eigenvalue weighted by molar-refractivity contribution is 5.96. The summed E-state index contributed by atoms with van der Waals surface area (Å²) in [5.74, 6) is -0.729. The molecule has 0 aliphatic heterocycles. The molecule has 1 N–H and O–H groups in total. The number of rotatable bonds is 3. The first-order valence-electron chi connectivity index (χ1n) is 7.66. The van der Waals surface area contributed by atoms with Gasteiger partial charge in [-0.25, -0.2) is 0 Å². The van der Waals surface area contributed by atoms with Gasteiger partial charge in [-0.05, 0) is 62.1 Å². The molecule has 2 aromatic rings. The summed E-state index contributed by atoms with van der Waals surface area (Å²) in [5.41, 5.74) is 2.82. The molecule has 24 heavy (non-hydrogen) atoms. The van der Waals surface area contributed by atoms with Crippen LogP contribution < -0.4 is 5.32 Å². The second-order valence-electron chi connectivity index (χ2n) is 6.03. The fourth-order valence-corrected chi connectivity index (χ4v) is 2.73. The maximum absolute atomic E-state index is 13.1. The lowest BCUT2D eigenvalue weighted by Crippen LogP contribution is -2.29. The van der Waals surface area contributed by atoms with E-state index in [4.69, 9.17) is 0 Å². The van der Waals surface area contributed by atoms with Crippen LogP contribution in [0, 0.1) is 20.8 Å². The van der Waals surface area contributed by atoms with E-state index < -0.39 is 23.7 Å². The molecule has 0 heterocycles. The third-order valence-electron chi connectivity index (χ3n) is 4.17. The summed E-state index contributed by atoms with van der Waals surface area (Å²) in [6.07, 6.45) is -4.56. The minimum Gasteiger partial charge on any atom is -0.345 e. The van der Waals surface area contributed by atoms with Gasteiger partial charge in [-0.2, -0.15) is 13.2 Å². The third kappa shape index (κ3) is 3.78. The minimum atomic E-state index is -4.56. The Morgan fingerprint density at radius 3 is 2.21 bits per heavy atom. The Morgan fingerprint density at radius 2 is 1.58 bits per heavy atom. The summed E-state index contributed by atoms with van der Waals surface area (Å²) >= 11 is 0. The number of aryl methyl sites for hydroxylation is 3. The summed E-state index contributed by atoms with van der Waals surface area (Å²) in [5, 5.41) is 2.67. The number of hydrogen-bond donors (Lipinski definition) is 1. The van der Waals surface area contributed by atoms with Gasteiger partial charge in [-0.15, -0.1) is 0 Å². The average Bonchev–Trinajstić information content (AvgIpc) is 2.49. The lowest BCUT2D eigenvalue weighted by molar-refractivity contribution is -0.137. The van der Waals surface area contributed by atoms with Gasteiger partial charge in [0.15, 0.2) is 0 Å². The van der Waals surface area contributed by atoms with Crippen molar-refractivity contribution in [3.8, 4) is 0 Å². The molecule has 0 aliphatic rings. The van der Waals surface area contributed by atoms with Crippen molar-refractivity contribution >= 4 is 5.91 Å². The van der Waals surface area contributed by atoms with Crippen molar-refractivity contribution < 1.29 is 18.0 Å². The van der Waals surface area contributed by atoms with Crippen LogP contribution in [-0.2, 0) is 6.18 Å². The predicted molar refractivity (Wildman–Crippen MR) is 88.0 cm³/mol. The van der Waals surface area contributed by atoms with Crippen molar-refractivity contribution in [2.24, 2.45) is 0 Å². The van der Waals surface area contributed by atoms with Crippen LogP contribution in [0.25, 0.3) is 0 Å². The van der Waals surface area contributed by atoms with Crippen LogP contribution in [0.5, 0.6) is 0 Å². The van der Waals surface area contributed by atoms with Crippen molar-refractivity contribution in [2.75, 3.05) is 0 Å². The summed E-state index contributed by atoms with van der Waals surface area (Å²) in [7, 11) is 0. The van der Waals surface area contributed by atoms with Crippen LogP contribution in [0.15, 0.2) is 36.4 Å². The van der Waals surface area contributed by atoms with E-state index >= 15 is 0 Å². The van der Waals surface area contributed by atoms with Crippen LogP contribution in [0.3, 0.4) is 0 Å². The van der Waals surface area contributed by atoms with E-state index in [1.54, 1.807) is 6.92 Å². The van der Waals surface area contributed by atoms with E-state index in [1.165, 1.54) is 18.2 Å². The first-order chi connectivity index (χ1) is 11.1. The summed E-state index contributed by atoms with van der Waals surface area (Å²) in [6, 6.07) is 8.39. The Labute approximate surface area is 139 Å². The fraction of sp³-hybridized carbons (Fsp3) is 0.316. The molecule has 2 rings (SSSR count). The van der Waals surface area contributed by atoms with E-state index in [0.29, 0.717) is 0 Å². The number of alkyl halides is 3. The number of nitrogens with one attached hydrogen (secondary N) is 1. The average molecular weight is 335 g/mol. The molecule has 0 saturated heterocycles. The topological polar surface area (TPSA) is 29.1 Å². The van der Waals surface area contributed by atoms with Gasteiger partial charge >= 0.3 is 6.18 Å². The molecule has 0 bridgehead atoms.